The van der Waals surface area contributed by atoms with E-state index in [1.54, 1.807) is 14.2 Å². The Bertz CT molecular complexity index is 1720. The summed E-state index contributed by atoms with van der Waals surface area (Å²) in [6, 6.07) is 21.9. The minimum atomic E-state index is -0.273. The summed E-state index contributed by atoms with van der Waals surface area (Å²) in [7, 11) is 3.31. The molecule has 36 heavy (non-hydrogen) atoms. The van der Waals surface area contributed by atoms with Gasteiger partial charge < -0.3 is 9.47 Å². The smallest absolute Gasteiger partial charge is 0.271 e. The number of thiazole rings is 1. The summed E-state index contributed by atoms with van der Waals surface area (Å²) in [5.41, 5.74) is 6.41. The Hall–Kier alpha value is -3.42. The van der Waals surface area contributed by atoms with Crippen LogP contribution >= 0.6 is 27.3 Å². The van der Waals surface area contributed by atoms with Crippen LogP contribution in [0.15, 0.2) is 86.6 Å². The first kappa shape index (κ1) is 23.0. The zero-order valence-corrected chi connectivity index (χ0v) is 22.2. The van der Waals surface area contributed by atoms with Crippen LogP contribution in [0.25, 0.3) is 11.8 Å². The van der Waals surface area contributed by atoms with Crippen molar-refractivity contribution in [2.24, 2.45) is 4.99 Å². The molecule has 0 spiro atoms. The van der Waals surface area contributed by atoms with E-state index in [1.807, 2.05) is 47.0 Å². The van der Waals surface area contributed by atoms with E-state index in [4.69, 9.17) is 14.5 Å². The van der Waals surface area contributed by atoms with Crippen LogP contribution in [0.5, 0.6) is 11.5 Å². The van der Waals surface area contributed by atoms with Gasteiger partial charge in [-0.25, -0.2) is 4.99 Å². The zero-order chi connectivity index (χ0) is 24.8. The van der Waals surface area contributed by atoms with Gasteiger partial charge in [-0.1, -0.05) is 59.9 Å². The van der Waals surface area contributed by atoms with Crippen molar-refractivity contribution < 1.29 is 9.47 Å². The number of benzene rings is 3. The van der Waals surface area contributed by atoms with E-state index in [0.29, 0.717) is 9.33 Å². The third-order valence-corrected chi connectivity index (χ3v) is 8.38. The highest BCUT2D eigenvalue weighted by Crippen LogP contribution is 2.43. The molecule has 0 N–H and O–H groups in total. The average molecular weight is 559 g/mol. The van der Waals surface area contributed by atoms with Crippen LogP contribution in [-0.2, 0) is 6.42 Å². The van der Waals surface area contributed by atoms with Crippen LogP contribution < -0.4 is 24.4 Å². The molecule has 4 aromatic rings. The molecule has 1 aliphatic heterocycles. The lowest BCUT2D eigenvalue weighted by atomic mass is 9.83. The number of nitrogens with zero attached hydrogens (tertiary/aromatic N) is 2. The van der Waals surface area contributed by atoms with Gasteiger partial charge in [0.1, 0.15) is 11.5 Å². The number of allylic oxidation sites excluding steroid dienone is 1. The lowest BCUT2D eigenvalue weighted by Crippen LogP contribution is -2.39. The minimum absolute atomic E-state index is 0.0491. The van der Waals surface area contributed by atoms with Crippen molar-refractivity contribution in [3.8, 4) is 11.5 Å². The van der Waals surface area contributed by atoms with Crippen LogP contribution in [0.1, 0.15) is 34.7 Å². The van der Waals surface area contributed by atoms with Gasteiger partial charge in [0.15, 0.2) is 4.80 Å². The maximum absolute atomic E-state index is 13.9. The van der Waals surface area contributed by atoms with Gasteiger partial charge in [-0.05, 0) is 69.7 Å². The fourth-order valence-electron chi connectivity index (χ4n) is 5.12. The largest absolute Gasteiger partial charge is 0.496 e. The summed E-state index contributed by atoms with van der Waals surface area (Å²) < 4.78 is 14.4. The highest BCUT2D eigenvalue weighted by Gasteiger charge is 2.33. The maximum atomic E-state index is 13.9. The van der Waals surface area contributed by atoms with Crippen LogP contribution in [0, 0.1) is 0 Å². The first-order valence-electron chi connectivity index (χ1n) is 11.7. The summed E-state index contributed by atoms with van der Waals surface area (Å²) in [6.45, 7) is 0. The van der Waals surface area contributed by atoms with Crippen molar-refractivity contribution >= 4 is 39.0 Å². The molecule has 2 heterocycles. The van der Waals surface area contributed by atoms with Crippen LogP contribution in [0.3, 0.4) is 0 Å². The zero-order valence-electron chi connectivity index (χ0n) is 19.8. The summed E-state index contributed by atoms with van der Waals surface area (Å²) >= 11 is 4.97. The van der Waals surface area contributed by atoms with Gasteiger partial charge in [0, 0.05) is 11.1 Å². The molecule has 0 saturated heterocycles. The summed E-state index contributed by atoms with van der Waals surface area (Å²) in [5.74, 6) is 1.51. The van der Waals surface area contributed by atoms with Gasteiger partial charge in [0.2, 0.25) is 0 Å². The Morgan fingerprint density at radius 1 is 1.00 bits per heavy atom. The van der Waals surface area contributed by atoms with Gasteiger partial charge in [0.25, 0.3) is 5.56 Å². The molecule has 1 unspecified atom stereocenters. The van der Waals surface area contributed by atoms with Crippen molar-refractivity contribution in [2.75, 3.05) is 14.2 Å². The van der Waals surface area contributed by atoms with Crippen molar-refractivity contribution in [3.63, 3.8) is 0 Å². The number of aromatic nitrogens is 1. The molecule has 0 radical (unpaired) electrons. The number of para-hydroxylation sites is 1. The molecule has 1 aliphatic carbocycles. The Morgan fingerprint density at radius 2 is 1.78 bits per heavy atom. The molecule has 6 rings (SSSR count). The fourth-order valence-corrected chi connectivity index (χ4v) is 6.67. The summed E-state index contributed by atoms with van der Waals surface area (Å²) in [6.07, 6.45) is 3.68. The minimum Gasteiger partial charge on any atom is -0.496 e. The fraction of sp³-hybridized carbons (Fsp3) is 0.172. The molecule has 0 amide bonds. The number of ether oxygens (including phenoxy) is 2. The summed E-state index contributed by atoms with van der Waals surface area (Å²) in [4.78, 5) is 19.7. The summed E-state index contributed by atoms with van der Waals surface area (Å²) in [5, 5.41) is 0. The molecular formula is C29H23BrN2O3S. The second kappa shape index (κ2) is 9.22. The van der Waals surface area contributed by atoms with E-state index in [2.05, 4.69) is 46.3 Å². The number of rotatable bonds is 4. The van der Waals surface area contributed by atoms with Crippen molar-refractivity contribution in [2.45, 2.75) is 18.9 Å². The Morgan fingerprint density at radius 3 is 2.58 bits per heavy atom. The normalized spacial score (nSPS) is 16.6. The van der Waals surface area contributed by atoms with Crippen molar-refractivity contribution in [3.05, 3.63) is 119 Å². The first-order valence-corrected chi connectivity index (χ1v) is 13.3. The van der Waals surface area contributed by atoms with Gasteiger partial charge >= 0.3 is 0 Å². The van der Waals surface area contributed by atoms with E-state index >= 15 is 0 Å². The predicted octanol–water partition coefficient (Wildman–Crippen LogP) is 5.10. The lowest BCUT2D eigenvalue weighted by Gasteiger charge is -2.31. The molecule has 3 aromatic carbocycles. The number of aryl methyl sites for hydroxylation is 1. The number of fused-ring (bicyclic) bond motifs is 3. The van der Waals surface area contributed by atoms with E-state index in [-0.39, 0.29) is 11.6 Å². The van der Waals surface area contributed by atoms with E-state index in [1.165, 1.54) is 16.9 Å². The second-order valence-electron chi connectivity index (χ2n) is 8.75. The van der Waals surface area contributed by atoms with Gasteiger partial charge in [0.05, 0.1) is 35.0 Å². The van der Waals surface area contributed by atoms with E-state index in [9.17, 15) is 4.79 Å². The van der Waals surface area contributed by atoms with Crippen molar-refractivity contribution in [1.82, 2.24) is 4.57 Å². The molecule has 7 heteroatoms. The lowest BCUT2D eigenvalue weighted by molar-refractivity contribution is 0.402. The van der Waals surface area contributed by atoms with Gasteiger partial charge in [-0.15, -0.1) is 0 Å². The monoisotopic (exact) mass is 558 g/mol. The topological polar surface area (TPSA) is 52.8 Å². The standard InChI is InChI=1S/C29H23BrN2O3S/c1-34-23-10-6-5-9-20(23)27-21-13-12-18-7-3-4-8-19(18)26(21)31-29-32(27)28(33)25(36-29)16-17-11-14-24(35-2)22(30)15-17/h3-11,14-16,27H,12-13H2,1-2H3. The third-order valence-electron chi connectivity index (χ3n) is 6.78. The van der Waals surface area contributed by atoms with E-state index in [0.717, 1.165) is 56.8 Å². The highest BCUT2D eigenvalue weighted by atomic mass is 79.9. The number of halogens is 1. The van der Waals surface area contributed by atoms with E-state index < -0.39 is 0 Å². The number of hydrogen-bond donors (Lipinski definition) is 0. The van der Waals surface area contributed by atoms with Gasteiger partial charge in [-0.3, -0.25) is 9.36 Å². The average Bonchev–Trinajstić information content (AvgIpc) is 3.21. The Balaban J connectivity index is 1.62. The Labute approximate surface area is 220 Å². The van der Waals surface area contributed by atoms with Gasteiger partial charge in [-0.2, -0.15) is 0 Å². The molecule has 0 bridgehead atoms. The SMILES string of the molecule is COc1ccc(C=c2sc3n(c2=O)C(c2ccccc2OC)C2=C(N=3)c3ccccc3CC2)cc1Br. The molecular weight excluding hydrogens is 536 g/mol. The third kappa shape index (κ3) is 3.74. The molecule has 1 atom stereocenters. The highest BCUT2D eigenvalue weighted by molar-refractivity contribution is 9.10. The van der Waals surface area contributed by atoms with Crippen LogP contribution in [0.4, 0.5) is 0 Å². The quantitative estimate of drug-likeness (QED) is 0.350. The molecule has 180 valence electrons. The molecule has 1 aromatic heterocycles. The molecule has 2 aliphatic rings. The number of methoxy groups -OCH3 is 2. The first-order chi connectivity index (χ1) is 17.6. The molecule has 0 fully saturated rings. The Kier molecular flexibility index (Phi) is 5.90. The van der Waals surface area contributed by atoms with Crippen LogP contribution in [-0.4, -0.2) is 18.8 Å². The maximum Gasteiger partial charge on any atom is 0.271 e. The van der Waals surface area contributed by atoms with Crippen molar-refractivity contribution in [1.29, 1.82) is 0 Å². The predicted molar refractivity (Wildman–Crippen MR) is 146 cm³/mol. The molecule has 0 saturated carbocycles. The second-order valence-corrected chi connectivity index (χ2v) is 10.6. The molecule has 5 nitrogen and oxygen atoms in total. The number of hydrogen-bond acceptors (Lipinski definition) is 5. The van der Waals surface area contributed by atoms with Crippen LogP contribution in [0.2, 0.25) is 0 Å².